The van der Waals surface area contributed by atoms with E-state index in [0.29, 0.717) is 0 Å². The van der Waals surface area contributed by atoms with Gasteiger partial charge in [0.25, 0.3) is 5.91 Å². The first-order valence-corrected chi connectivity index (χ1v) is 9.55. The van der Waals surface area contributed by atoms with Crippen molar-refractivity contribution in [3.8, 4) is 0 Å². The van der Waals surface area contributed by atoms with Gasteiger partial charge in [0.15, 0.2) is 0 Å². The third kappa shape index (κ3) is 5.93. The highest BCUT2D eigenvalue weighted by Crippen LogP contribution is 2.14. The van der Waals surface area contributed by atoms with Gasteiger partial charge in [0.05, 0.1) is 0 Å². The monoisotopic (exact) mass is 365 g/mol. The Bertz CT molecular complexity index is 751. The average Bonchev–Trinajstić information content (AvgIpc) is 2.69. The summed E-state index contributed by atoms with van der Waals surface area (Å²) in [7, 11) is 0. The fourth-order valence-corrected chi connectivity index (χ4v) is 3.40. The molecule has 2 aromatic carbocycles. The van der Waals surface area contributed by atoms with Crippen molar-refractivity contribution in [2.45, 2.75) is 32.2 Å². The molecule has 5 heteroatoms. The molecule has 0 unspecified atom stereocenters. The molecule has 0 atom stereocenters. The van der Waals surface area contributed by atoms with Crippen molar-refractivity contribution in [1.29, 1.82) is 0 Å². The largest absolute Gasteiger partial charge is 0.349 e. The molecule has 1 aliphatic heterocycles. The molecule has 2 amide bonds. The van der Waals surface area contributed by atoms with Gasteiger partial charge in [-0.05, 0) is 49.1 Å². The van der Waals surface area contributed by atoms with E-state index in [1.54, 1.807) is 0 Å². The van der Waals surface area contributed by atoms with E-state index in [9.17, 15) is 9.59 Å². The van der Waals surface area contributed by atoms with Gasteiger partial charge in [-0.3, -0.25) is 9.59 Å². The molecule has 142 valence electrons. The predicted molar refractivity (Wildman–Crippen MR) is 108 cm³/mol. The van der Waals surface area contributed by atoms with E-state index in [1.807, 2.05) is 42.5 Å². The summed E-state index contributed by atoms with van der Waals surface area (Å²) in [5.41, 5.74) is 2.83. The van der Waals surface area contributed by atoms with E-state index in [4.69, 9.17) is 0 Å². The Labute approximate surface area is 160 Å². The topological polar surface area (TPSA) is 61.4 Å². The van der Waals surface area contributed by atoms with Crippen LogP contribution in [0.2, 0.25) is 0 Å². The molecule has 0 bridgehead atoms. The van der Waals surface area contributed by atoms with E-state index in [0.717, 1.165) is 50.1 Å². The lowest BCUT2D eigenvalue weighted by Gasteiger charge is -2.32. The van der Waals surface area contributed by atoms with E-state index < -0.39 is 0 Å². The summed E-state index contributed by atoms with van der Waals surface area (Å²) in [4.78, 5) is 25.8. The first kappa shape index (κ1) is 19.1. The van der Waals surface area contributed by atoms with Crippen molar-refractivity contribution in [3.05, 3.63) is 65.7 Å². The zero-order chi connectivity index (χ0) is 19.1. The lowest BCUT2D eigenvalue weighted by Crippen LogP contribution is -2.45. The molecule has 2 aromatic rings. The van der Waals surface area contributed by atoms with Gasteiger partial charge in [0.1, 0.15) is 0 Å². The Hall–Kier alpha value is -2.66. The summed E-state index contributed by atoms with van der Waals surface area (Å²) in [6, 6.07) is 17.7. The van der Waals surface area contributed by atoms with Crippen molar-refractivity contribution in [2.24, 2.45) is 0 Å². The Morgan fingerprint density at radius 3 is 2.30 bits per heavy atom. The van der Waals surface area contributed by atoms with Crippen LogP contribution in [0.4, 0.5) is 5.69 Å². The van der Waals surface area contributed by atoms with Crippen molar-refractivity contribution in [2.75, 3.05) is 25.0 Å². The Morgan fingerprint density at radius 1 is 1.00 bits per heavy atom. The number of likely N-dealkylation sites (tertiary alicyclic amines) is 1. The number of nitrogens with zero attached hydrogens (tertiary/aromatic N) is 1. The molecule has 1 saturated heterocycles. The summed E-state index contributed by atoms with van der Waals surface area (Å²) in [6.45, 7) is 4.53. The van der Waals surface area contributed by atoms with Crippen molar-refractivity contribution < 1.29 is 9.59 Å². The fourth-order valence-electron chi connectivity index (χ4n) is 3.40. The van der Waals surface area contributed by atoms with Gasteiger partial charge >= 0.3 is 0 Å². The molecule has 1 heterocycles. The van der Waals surface area contributed by atoms with Crippen LogP contribution < -0.4 is 10.6 Å². The first-order chi connectivity index (χ1) is 13.1. The van der Waals surface area contributed by atoms with E-state index in [1.165, 1.54) is 12.5 Å². The molecule has 0 spiro atoms. The lowest BCUT2D eigenvalue weighted by molar-refractivity contribution is -0.114. The quantitative estimate of drug-likeness (QED) is 0.827. The third-order valence-electron chi connectivity index (χ3n) is 4.95. The van der Waals surface area contributed by atoms with Crippen LogP contribution >= 0.6 is 0 Å². The zero-order valence-electron chi connectivity index (χ0n) is 15.8. The maximum Gasteiger partial charge on any atom is 0.251 e. The number of anilines is 1. The Balaban J connectivity index is 1.39. The van der Waals surface area contributed by atoms with Gasteiger partial charge in [-0.15, -0.1) is 0 Å². The van der Waals surface area contributed by atoms with E-state index >= 15 is 0 Å². The Morgan fingerprint density at radius 2 is 1.67 bits per heavy atom. The van der Waals surface area contributed by atoms with Crippen LogP contribution in [0.3, 0.4) is 0 Å². The Kier molecular flexibility index (Phi) is 6.60. The van der Waals surface area contributed by atoms with Crippen LogP contribution in [0.25, 0.3) is 0 Å². The summed E-state index contributed by atoms with van der Waals surface area (Å²) in [5, 5.41) is 5.94. The number of nitrogens with one attached hydrogen (secondary N) is 2. The molecule has 0 radical (unpaired) electrons. The van der Waals surface area contributed by atoms with Crippen LogP contribution in [0.5, 0.6) is 0 Å². The maximum atomic E-state index is 12.2. The van der Waals surface area contributed by atoms with Gasteiger partial charge in [-0.2, -0.15) is 0 Å². The van der Waals surface area contributed by atoms with Crippen LogP contribution in [-0.4, -0.2) is 42.4 Å². The summed E-state index contributed by atoms with van der Waals surface area (Å²) >= 11 is 0. The molecule has 1 aliphatic rings. The molecule has 0 aliphatic carbocycles. The highest BCUT2D eigenvalue weighted by atomic mass is 16.2. The molecule has 2 N–H and O–H groups in total. The number of carbonyl (C=O) groups is 2. The summed E-state index contributed by atoms with van der Waals surface area (Å²) < 4.78 is 0. The number of amides is 2. The van der Waals surface area contributed by atoms with Crippen LogP contribution in [0.1, 0.15) is 35.7 Å². The van der Waals surface area contributed by atoms with Crippen LogP contribution in [0, 0.1) is 0 Å². The van der Waals surface area contributed by atoms with Crippen LogP contribution in [0.15, 0.2) is 54.6 Å². The second-order valence-corrected chi connectivity index (χ2v) is 7.08. The van der Waals surface area contributed by atoms with E-state index in [2.05, 4.69) is 27.7 Å². The van der Waals surface area contributed by atoms with Gasteiger partial charge < -0.3 is 15.5 Å². The molecule has 5 nitrogen and oxygen atoms in total. The second kappa shape index (κ2) is 9.33. The highest BCUT2D eigenvalue weighted by Gasteiger charge is 2.20. The summed E-state index contributed by atoms with van der Waals surface area (Å²) in [5.74, 6) is -0.0294. The van der Waals surface area contributed by atoms with Gasteiger partial charge in [0.2, 0.25) is 5.91 Å². The zero-order valence-corrected chi connectivity index (χ0v) is 15.8. The van der Waals surface area contributed by atoms with Gasteiger partial charge in [0, 0.05) is 43.9 Å². The molecule has 0 aromatic heterocycles. The molecule has 0 saturated carbocycles. The minimum Gasteiger partial charge on any atom is -0.349 e. The second-order valence-electron chi connectivity index (χ2n) is 7.08. The molecule has 27 heavy (non-hydrogen) atoms. The fraction of sp³-hybridized carbons (Fsp3) is 0.364. The molecule has 3 rings (SSSR count). The van der Waals surface area contributed by atoms with Crippen molar-refractivity contribution in [1.82, 2.24) is 10.2 Å². The standard InChI is InChI=1S/C22H27N3O2/c1-17(26)23-20-9-7-18(8-10-20)11-14-25-15-12-21(13-16-25)24-22(27)19-5-3-2-4-6-19/h2-10,21H,11-16H2,1H3,(H,23,26)(H,24,27). The molecular weight excluding hydrogens is 338 g/mol. The van der Waals surface area contributed by atoms with Crippen molar-refractivity contribution >= 4 is 17.5 Å². The molecular formula is C22H27N3O2. The average molecular weight is 365 g/mol. The smallest absolute Gasteiger partial charge is 0.251 e. The number of hydrogen-bond acceptors (Lipinski definition) is 3. The summed E-state index contributed by atoms with van der Waals surface area (Å²) in [6.07, 6.45) is 2.96. The number of piperidine rings is 1. The van der Waals surface area contributed by atoms with Gasteiger partial charge in [-0.1, -0.05) is 30.3 Å². The highest BCUT2D eigenvalue weighted by molar-refractivity contribution is 5.94. The van der Waals surface area contributed by atoms with E-state index in [-0.39, 0.29) is 17.9 Å². The van der Waals surface area contributed by atoms with Crippen molar-refractivity contribution in [3.63, 3.8) is 0 Å². The van der Waals surface area contributed by atoms with Gasteiger partial charge in [-0.25, -0.2) is 0 Å². The minimum atomic E-state index is -0.0509. The number of hydrogen-bond donors (Lipinski definition) is 2. The maximum absolute atomic E-state index is 12.2. The molecule has 1 fully saturated rings. The minimum absolute atomic E-state index is 0.0216. The number of benzene rings is 2. The SMILES string of the molecule is CC(=O)Nc1ccc(CCN2CCC(NC(=O)c3ccccc3)CC2)cc1. The normalized spacial score (nSPS) is 15.3. The third-order valence-corrected chi connectivity index (χ3v) is 4.95. The number of rotatable bonds is 6. The lowest BCUT2D eigenvalue weighted by atomic mass is 10.0. The number of carbonyl (C=O) groups excluding carboxylic acids is 2. The first-order valence-electron chi connectivity index (χ1n) is 9.55. The predicted octanol–water partition coefficient (Wildman–Crippen LogP) is 3.08. The van der Waals surface area contributed by atoms with Crippen LogP contribution in [-0.2, 0) is 11.2 Å².